The molecule has 3 aromatic rings. The number of aromatic nitrogens is 1. The fourth-order valence-corrected chi connectivity index (χ4v) is 3.94. The van der Waals surface area contributed by atoms with Gasteiger partial charge < -0.3 is 24.7 Å². The number of aromatic amines is 1. The number of nitrogens with zero attached hydrogens (tertiary/aromatic N) is 1. The van der Waals surface area contributed by atoms with Crippen molar-refractivity contribution in [1.82, 2.24) is 15.2 Å². The van der Waals surface area contributed by atoms with Gasteiger partial charge in [-0.2, -0.15) is 0 Å². The minimum atomic E-state index is -0.229. The Hall–Kier alpha value is -2.80. The van der Waals surface area contributed by atoms with Crippen molar-refractivity contribution >= 4 is 28.2 Å². The second kappa shape index (κ2) is 9.80. The first-order chi connectivity index (χ1) is 14.5. The molecule has 0 radical (unpaired) electrons. The van der Waals surface area contributed by atoms with E-state index in [0.717, 1.165) is 40.7 Å². The van der Waals surface area contributed by atoms with E-state index in [1.165, 1.54) is 6.07 Å². The van der Waals surface area contributed by atoms with Gasteiger partial charge in [-0.15, -0.1) is 0 Å². The molecule has 160 valence electrons. The van der Waals surface area contributed by atoms with Gasteiger partial charge in [0.1, 0.15) is 5.82 Å². The van der Waals surface area contributed by atoms with Crippen LogP contribution in [0.4, 0.5) is 4.39 Å². The van der Waals surface area contributed by atoms with Gasteiger partial charge in [0.25, 0.3) is 0 Å². The van der Waals surface area contributed by atoms with Gasteiger partial charge in [0.05, 0.1) is 14.2 Å². The molecule has 0 atom stereocenters. The molecule has 0 saturated carbocycles. The molecule has 0 fully saturated rings. The molecule has 0 spiro atoms. The van der Waals surface area contributed by atoms with Crippen LogP contribution < -0.4 is 14.8 Å². The third kappa shape index (κ3) is 4.84. The molecule has 1 aromatic heterocycles. The average molecular weight is 430 g/mol. The standard InChI is InChI=1S/C23H28FN3O2S/c1-5-25-23(30)27(14-16-6-9-21(28-3)22(12-16)29-4)11-10-18-15(2)26-20-8-7-17(24)13-19(18)20/h6-9,12-13,26H,5,10-11,14H2,1-4H3,(H,25,30). The first kappa shape index (κ1) is 21.9. The summed E-state index contributed by atoms with van der Waals surface area (Å²) < 4.78 is 24.6. The lowest BCUT2D eigenvalue weighted by atomic mass is 10.1. The molecule has 5 nitrogen and oxygen atoms in total. The number of H-pyrrole nitrogens is 1. The molecule has 1 heterocycles. The molecule has 30 heavy (non-hydrogen) atoms. The molecule has 2 N–H and O–H groups in total. The van der Waals surface area contributed by atoms with Crippen molar-refractivity contribution < 1.29 is 13.9 Å². The highest BCUT2D eigenvalue weighted by Gasteiger charge is 2.15. The molecule has 0 bridgehead atoms. The maximum Gasteiger partial charge on any atom is 0.169 e. The lowest BCUT2D eigenvalue weighted by molar-refractivity contribution is 0.352. The summed E-state index contributed by atoms with van der Waals surface area (Å²) in [5.41, 5.74) is 4.18. The first-order valence-corrected chi connectivity index (χ1v) is 10.4. The predicted molar refractivity (Wildman–Crippen MR) is 123 cm³/mol. The predicted octanol–water partition coefficient (Wildman–Crippen LogP) is 4.57. The average Bonchev–Trinajstić information content (AvgIpc) is 3.05. The second-order valence-corrected chi connectivity index (χ2v) is 7.50. The van der Waals surface area contributed by atoms with Crippen LogP contribution in [0.25, 0.3) is 10.9 Å². The van der Waals surface area contributed by atoms with Gasteiger partial charge in [-0.3, -0.25) is 0 Å². The minimum absolute atomic E-state index is 0.229. The van der Waals surface area contributed by atoms with Crippen LogP contribution in [0.1, 0.15) is 23.7 Å². The zero-order chi connectivity index (χ0) is 21.7. The highest BCUT2D eigenvalue weighted by molar-refractivity contribution is 7.80. The number of hydrogen-bond acceptors (Lipinski definition) is 3. The topological polar surface area (TPSA) is 49.5 Å². The molecule has 0 aliphatic heterocycles. The molecular formula is C23H28FN3O2S. The summed E-state index contributed by atoms with van der Waals surface area (Å²) in [5, 5.41) is 4.86. The van der Waals surface area contributed by atoms with E-state index in [4.69, 9.17) is 21.7 Å². The summed E-state index contributed by atoms with van der Waals surface area (Å²) in [4.78, 5) is 5.47. The Morgan fingerprint density at radius 1 is 1.13 bits per heavy atom. The third-order valence-corrected chi connectivity index (χ3v) is 5.55. The van der Waals surface area contributed by atoms with Gasteiger partial charge in [0.15, 0.2) is 16.6 Å². The molecule has 2 aromatic carbocycles. The van der Waals surface area contributed by atoms with Crippen LogP contribution in [-0.2, 0) is 13.0 Å². The van der Waals surface area contributed by atoms with Gasteiger partial charge >= 0.3 is 0 Å². The van der Waals surface area contributed by atoms with Crippen LogP contribution in [-0.4, -0.2) is 42.3 Å². The summed E-state index contributed by atoms with van der Waals surface area (Å²) in [6.45, 7) is 6.12. The summed E-state index contributed by atoms with van der Waals surface area (Å²) in [6, 6.07) is 10.7. The number of benzene rings is 2. The summed E-state index contributed by atoms with van der Waals surface area (Å²) in [6.07, 6.45) is 0.744. The number of thiocarbonyl (C=S) groups is 1. The lowest BCUT2D eigenvalue weighted by Gasteiger charge is -2.26. The van der Waals surface area contributed by atoms with E-state index in [0.29, 0.717) is 29.7 Å². The number of halogens is 1. The normalized spacial score (nSPS) is 10.8. The van der Waals surface area contributed by atoms with Gasteiger partial charge in [-0.25, -0.2) is 4.39 Å². The molecule has 0 unspecified atom stereocenters. The Kier molecular flexibility index (Phi) is 7.15. The molecule has 7 heteroatoms. The van der Waals surface area contributed by atoms with Crippen LogP contribution in [0.3, 0.4) is 0 Å². The van der Waals surface area contributed by atoms with Gasteiger partial charge in [-0.1, -0.05) is 6.07 Å². The van der Waals surface area contributed by atoms with Crippen molar-refractivity contribution in [3.63, 3.8) is 0 Å². The quantitative estimate of drug-likeness (QED) is 0.514. The molecule has 3 rings (SSSR count). The van der Waals surface area contributed by atoms with E-state index >= 15 is 0 Å². The van der Waals surface area contributed by atoms with E-state index in [2.05, 4.69) is 15.2 Å². The van der Waals surface area contributed by atoms with E-state index in [1.54, 1.807) is 26.4 Å². The Labute approximate surface area is 182 Å². The van der Waals surface area contributed by atoms with E-state index in [9.17, 15) is 4.39 Å². The van der Waals surface area contributed by atoms with Crippen LogP contribution >= 0.6 is 12.2 Å². The Morgan fingerprint density at radius 2 is 1.90 bits per heavy atom. The molecule has 0 amide bonds. The third-order valence-electron chi connectivity index (χ3n) is 5.15. The maximum atomic E-state index is 13.8. The number of hydrogen-bond donors (Lipinski definition) is 2. The highest BCUT2D eigenvalue weighted by atomic mass is 32.1. The summed E-state index contributed by atoms with van der Waals surface area (Å²) in [5.74, 6) is 1.15. The van der Waals surface area contributed by atoms with Crippen molar-refractivity contribution in [2.75, 3.05) is 27.3 Å². The van der Waals surface area contributed by atoms with Crippen LogP contribution in [0.15, 0.2) is 36.4 Å². The number of nitrogens with one attached hydrogen (secondary N) is 2. The minimum Gasteiger partial charge on any atom is -0.493 e. The van der Waals surface area contributed by atoms with Crippen molar-refractivity contribution in [1.29, 1.82) is 0 Å². The van der Waals surface area contributed by atoms with Crippen molar-refractivity contribution in [3.8, 4) is 11.5 Å². The Balaban J connectivity index is 1.82. The Bertz CT molecular complexity index is 1030. The molecule has 0 aliphatic carbocycles. The zero-order valence-electron chi connectivity index (χ0n) is 17.8. The van der Waals surface area contributed by atoms with Crippen molar-refractivity contribution in [2.45, 2.75) is 26.8 Å². The lowest BCUT2D eigenvalue weighted by Crippen LogP contribution is -2.40. The number of ether oxygens (including phenoxy) is 2. The largest absolute Gasteiger partial charge is 0.493 e. The smallest absolute Gasteiger partial charge is 0.169 e. The fourth-order valence-electron chi connectivity index (χ4n) is 3.64. The van der Waals surface area contributed by atoms with Gasteiger partial charge in [-0.05, 0) is 73.9 Å². The highest BCUT2D eigenvalue weighted by Crippen LogP contribution is 2.28. The monoisotopic (exact) mass is 429 g/mol. The summed E-state index contributed by atoms with van der Waals surface area (Å²) in [7, 11) is 3.25. The fraction of sp³-hybridized carbons (Fsp3) is 0.348. The zero-order valence-corrected chi connectivity index (χ0v) is 18.7. The number of fused-ring (bicyclic) bond motifs is 1. The molecule has 0 saturated heterocycles. The SMILES string of the molecule is CCNC(=S)N(CCc1c(C)[nH]c2ccc(F)cc12)Cc1ccc(OC)c(OC)c1. The molecule has 0 aliphatic rings. The van der Waals surface area contributed by atoms with Crippen LogP contribution in [0.2, 0.25) is 0 Å². The van der Waals surface area contributed by atoms with E-state index in [1.807, 2.05) is 32.0 Å². The number of methoxy groups -OCH3 is 2. The van der Waals surface area contributed by atoms with Gasteiger partial charge in [0.2, 0.25) is 0 Å². The number of aryl methyl sites for hydroxylation is 1. The van der Waals surface area contributed by atoms with Crippen molar-refractivity contribution in [3.05, 3.63) is 59.0 Å². The summed E-state index contributed by atoms with van der Waals surface area (Å²) >= 11 is 5.62. The number of rotatable bonds is 8. The second-order valence-electron chi connectivity index (χ2n) is 7.11. The first-order valence-electron chi connectivity index (χ1n) is 9.97. The maximum absolute atomic E-state index is 13.8. The van der Waals surface area contributed by atoms with Crippen LogP contribution in [0, 0.1) is 12.7 Å². The van der Waals surface area contributed by atoms with Gasteiger partial charge in [0, 0.05) is 36.2 Å². The van der Waals surface area contributed by atoms with E-state index < -0.39 is 0 Å². The molecular weight excluding hydrogens is 401 g/mol. The van der Waals surface area contributed by atoms with Crippen molar-refractivity contribution in [2.24, 2.45) is 0 Å². The van der Waals surface area contributed by atoms with Crippen LogP contribution in [0.5, 0.6) is 11.5 Å². The van der Waals surface area contributed by atoms with E-state index in [-0.39, 0.29) is 5.82 Å². The Morgan fingerprint density at radius 3 is 2.60 bits per heavy atom.